The highest BCUT2D eigenvalue weighted by molar-refractivity contribution is 6.08. The Balaban J connectivity index is 1.72. The van der Waals surface area contributed by atoms with Crippen molar-refractivity contribution in [2.45, 2.75) is 25.9 Å². The number of nitrogens with zero attached hydrogens (tertiary/aromatic N) is 2. The van der Waals surface area contributed by atoms with Crippen molar-refractivity contribution in [3.63, 3.8) is 0 Å². The number of phenols is 1. The maximum atomic E-state index is 13.0. The van der Waals surface area contributed by atoms with Crippen LogP contribution in [0.15, 0.2) is 47.5 Å². The quantitative estimate of drug-likeness (QED) is 0.578. The second-order valence-corrected chi connectivity index (χ2v) is 7.49. The standard InChI is InChI=1S/C23H25N3O5/c1-3-31-22(29)19-20(15-8-9-17(27)18(12-15)30-2)24-23(25-21(19)28)26-11-10-14-6-4-5-7-16(14)13-26/h4-9,12,19-20,27H,3,10-11,13H2,1-2H3,(H,24,25,28)/t19-,20+/m0/s1. The number of esters is 1. The van der Waals surface area contributed by atoms with Crippen molar-refractivity contribution in [3.05, 3.63) is 59.2 Å². The normalized spacial score (nSPS) is 20.4. The van der Waals surface area contributed by atoms with E-state index in [4.69, 9.17) is 14.5 Å². The highest BCUT2D eigenvalue weighted by Gasteiger charge is 2.42. The second kappa shape index (κ2) is 8.67. The van der Waals surface area contributed by atoms with Gasteiger partial charge in [-0.25, -0.2) is 4.99 Å². The largest absolute Gasteiger partial charge is 0.504 e. The first-order valence-electron chi connectivity index (χ1n) is 10.3. The number of carbonyl (C=O) groups excluding carboxylic acids is 2. The summed E-state index contributed by atoms with van der Waals surface area (Å²) in [5.74, 6) is -1.58. The molecular weight excluding hydrogens is 398 g/mol. The fourth-order valence-electron chi connectivity index (χ4n) is 4.02. The Hall–Kier alpha value is -3.55. The van der Waals surface area contributed by atoms with E-state index in [-0.39, 0.29) is 18.1 Å². The van der Waals surface area contributed by atoms with E-state index in [1.54, 1.807) is 19.1 Å². The number of aromatic hydroxyl groups is 1. The molecule has 2 N–H and O–H groups in total. The minimum absolute atomic E-state index is 0.0314. The number of hydrogen-bond acceptors (Lipinski definition) is 7. The number of fused-ring (bicyclic) bond motifs is 1. The molecule has 8 heteroatoms. The summed E-state index contributed by atoms with van der Waals surface area (Å²) in [6.07, 6.45) is 0.837. The van der Waals surface area contributed by atoms with Gasteiger partial charge in [-0.15, -0.1) is 0 Å². The highest BCUT2D eigenvalue weighted by atomic mass is 16.5. The number of hydrogen-bond donors (Lipinski definition) is 2. The SMILES string of the molecule is CCOC(=O)[C@@H]1C(=O)NC(N2CCc3ccccc3C2)=N[C@@H]1c1ccc(O)c(OC)c1. The van der Waals surface area contributed by atoms with Crippen molar-refractivity contribution in [2.75, 3.05) is 20.3 Å². The van der Waals surface area contributed by atoms with E-state index in [2.05, 4.69) is 17.4 Å². The maximum absolute atomic E-state index is 13.0. The molecule has 0 saturated heterocycles. The van der Waals surface area contributed by atoms with Crippen LogP contribution in [0.25, 0.3) is 0 Å². The molecule has 2 heterocycles. The lowest BCUT2D eigenvalue weighted by Crippen LogP contribution is -2.53. The molecule has 0 spiro atoms. The monoisotopic (exact) mass is 423 g/mol. The Kier molecular flexibility index (Phi) is 5.79. The summed E-state index contributed by atoms with van der Waals surface area (Å²) in [6.45, 7) is 3.17. The number of amides is 1. The molecule has 162 valence electrons. The van der Waals surface area contributed by atoms with E-state index in [0.717, 1.165) is 6.42 Å². The van der Waals surface area contributed by atoms with E-state index < -0.39 is 23.8 Å². The van der Waals surface area contributed by atoms with Gasteiger partial charge in [0.25, 0.3) is 0 Å². The summed E-state index contributed by atoms with van der Waals surface area (Å²) in [5.41, 5.74) is 3.05. The van der Waals surface area contributed by atoms with E-state index in [0.29, 0.717) is 24.6 Å². The maximum Gasteiger partial charge on any atom is 0.321 e. The molecule has 8 nitrogen and oxygen atoms in total. The van der Waals surface area contributed by atoms with Crippen LogP contribution in [-0.4, -0.2) is 48.1 Å². The number of aliphatic imine (C=N–C) groups is 1. The molecule has 4 rings (SSSR count). The van der Waals surface area contributed by atoms with Crippen molar-refractivity contribution in [2.24, 2.45) is 10.9 Å². The first-order chi connectivity index (χ1) is 15.0. The van der Waals surface area contributed by atoms with E-state index in [1.165, 1.54) is 24.3 Å². The number of benzene rings is 2. The summed E-state index contributed by atoms with van der Waals surface area (Å²) in [6, 6.07) is 12.1. The molecule has 2 aromatic carbocycles. The third-order valence-electron chi connectivity index (χ3n) is 5.61. The molecule has 0 bridgehead atoms. The van der Waals surface area contributed by atoms with Gasteiger partial charge in [-0.05, 0) is 42.2 Å². The van der Waals surface area contributed by atoms with Gasteiger partial charge in [0.2, 0.25) is 11.9 Å². The van der Waals surface area contributed by atoms with Crippen molar-refractivity contribution in [1.82, 2.24) is 10.2 Å². The first kappa shape index (κ1) is 20.7. The predicted octanol–water partition coefficient (Wildman–Crippen LogP) is 2.17. The fraction of sp³-hybridized carbons (Fsp3) is 0.348. The molecule has 2 aromatic rings. The predicted molar refractivity (Wildman–Crippen MR) is 114 cm³/mol. The Morgan fingerprint density at radius 2 is 2.03 bits per heavy atom. The lowest BCUT2D eigenvalue weighted by Gasteiger charge is -2.36. The lowest BCUT2D eigenvalue weighted by molar-refractivity contribution is -0.153. The van der Waals surface area contributed by atoms with Gasteiger partial charge >= 0.3 is 5.97 Å². The van der Waals surface area contributed by atoms with Gasteiger partial charge in [-0.2, -0.15) is 0 Å². The molecule has 0 saturated carbocycles. The summed E-state index contributed by atoms with van der Waals surface area (Å²) in [4.78, 5) is 32.4. The molecule has 2 aliphatic heterocycles. The van der Waals surface area contributed by atoms with Gasteiger partial charge in [0.15, 0.2) is 17.4 Å². The van der Waals surface area contributed by atoms with Crippen LogP contribution in [0.2, 0.25) is 0 Å². The summed E-state index contributed by atoms with van der Waals surface area (Å²) in [7, 11) is 1.44. The van der Waals surface area contributed by atoms with Crippen LogP contribution in [-0.2, 0) is 27.3 Å². The number of carbonyl (C=O) groups is 2. The molecule has 2 aliphatic rings. The zero-order valence-electron chi connectivity index (χ0n) is 17.5. The zero-order valence-corrected chi connectivity index (χ0v) is 17.5. The zero-order chi connectivity index (χ0) is 22.0. The smallest absolute Gasteiger partial charge is 0.321 e. The lowest BCUT2D eigenvalue weighted by atomic mass is 9.91. The Morgan fingerprint density at radius 3 is 2.77 bits per heavy atom. The Bertz CT molecular complexity index is 1040. The molecular formula is C23H25N3O5. The van der Waals surface area contributed by atoms with Gasteiger partial charge < -0.3 is 19.5 Å². The number of methoxy groups -OCH3 is 1. The van der Waals surface area contributed by atoms with Crippen LogP contribution in [0.1, 0.15) is 29.7 Å². The van der Waals surface area contributed by atoms with Gasteiger partial charge in [-0.1, -0.05) is 30.3 Å². The molecule has 0 radical (unpaired) electrons. The van der Waals surface area contributed by atoms with Gasteiger partial charge in [0, 0.05) is 13.1 Å². The van der Waals surface area contributed by atoms with Crippen LogP contribution in [0, 0.1) is 5.92 Å². The van der Waals surface area contributed by atoms with Crippen LogP contribution in [0.4, 0.5) is 0 Å². The molecule has 1 amide bonds. The summed E-state index contributed by atoms with van der Waals surface area (Å²) < 4.78 is 10.4. The van der Waals surface area contributed by atoms with Crippen LogP contribution in [0.5, 0.6) is 11.5 Å². The molecule has 0 aliphatic carbocycles. The minimum Gasteiger partial charge on any atom is -0.504 e. The van der Waals surface area contributed by atoms with Crippen molar-refractivity contribution in [3.8, 4) is 11.5 Å². The van der Waals surface area contributed by atoms with Gasteiger partial charge in [0.05, 0.1) is 13.7 Å². The van der Waals surface area contributed by atoms with Gasteiger partial charge in [0.1, 0.15) is 6.04 Å². The number of phenolic OH excluding ortho intramolecular Hbond substituents is 1. The molecule has 0 unspecified atom stereocenters. The Morgan fingerprint density at radius 1 is 1.26 bits per heavy atom. The van der Waals surface area contributed by atoms with Crippen LogP contribution in [0.3, 0.4) is 0 Å². The average Bonchev–Trinajstić information content (AvgIpc) is 2.78. The molecule has 0 fully saturated rings. The highest BCUT2D eigenvalue weighted by Crippen LogP contribution is 2.36. The number of rotatable bonds is 4. The molecule has 0 aromatic heterocycles. The fourth-order valence-corrected chi connectivity index (χ4v) is 4.02. The number of ether oxygens (including phenoxy) is 2. The van der Waals surface area contributed by atoms with Crippen LogP contribution < -0.4 is 10.1 Å². The van der Waals surface area contributed by atoms with Crippen LogP contribution >= 0.6 is 0 Å². The second-order valence-electron chi connectivity index (χ2n) is 7.49. The average molecular weight is 423 g/mol. The molecule has 31 heavy (non-hydrogen) atoms. The molecule has 2 atom stereocenters. The third-order valence-corrected chi connectivity index (χ3v) is 5.61. The first-order valence-corrected chi connectivity index (χ1v) is 10.3. The third kappa shape index (κ3) is 4.05. The van der Waals surface area contributed by atoms with E-state index in [9.17, 15) is 14.7 Å². The van der Waals surface area contributed by atoms with Crippen molar-refractivity contribution >= 4 is 17.8 Å². The van der Waals surface area contributed by atoms with E-state index >= 15 is 0 Å². The number of nitrogens with one attached hydrogen (secondary N) is 1. The van der Waals surface area contributed by atoms with Crippen molar-refractivity contribution in [1.29, 1.82) is 0 Å². The number of guanidine groups is 1. The van der Waals surface area contributed by atoms with Crippen molar-refractivity contribution < 1.29 is 24.2 Å². The van der Waals surface area contributed by atoms with E-state index in [1.807, 2.05) is 17.0 Å². The Labute approximate surface area is 180 Å². The topological polar surface area (TPSA) is 100 Å². The summed E-state index contributed by atoms with van der Waals surface area (Å²) >= 11 is 0. The minimum atomic E-state index is -1.13. The van der Waals surface area contributed by atoms with Gasteiger partial charge in [-0.3, -0.25) is 14.9 Å². The summed E-state index contributed by atoms with van der Waals surface area (Å²) in [5, 5.41) is 12.8.